The molecule has 2 aromatic rings. The number of amides is 1. The van der Waals surface area contributed by atoms with E-state index in [1.807, 2.05) is 20.8 Å². The van der Waals surface area contributed by atoms with Crippen molar-refractivity contribution in [3.63, 3.8) is 0 Å². The van der Waals surface area contributed by atoms with Gasteiger partial charge in [0.25, 0.3) is 5.91 Å². The maximum absolute atomic E-state index is 13.5. The SMILES string of the molecule is CCN(C(=O)c1coc(COc2cccc(F)c2F)n1)C(C)C. The van der Waals surface area contributed by atoms with Crippen molar-refractivity contribution in [3.8, 4) is 5.75 Å². The molecule has 7 heteroatoms. The van der Waals surface area contributed by atoms with Crippen LogP contribution in [0.15, 0.2) is 28.9 Å². The molecule has 0 saturated carbocycles. The summed E-state index contributed by atoms with van der Waals surface area (Å²) in [7, 11) is 0. The molecular weight excluding hydrogens is 306 g/mol. The molecule has 5 nitrogen and oxygen atoms in total. The second-order valence-electron chi connectivity index (χ2n) is 5.15. The highest BCUT2D eigenvalue weighted by Crippen LogP contribution is 2.20. The van der Waals surface area contributed by atoms with Gasteiger partial charge in [-0.05, 0) is 32.9 Å². The van der Waals surface area contributed by atoms with Crippen LogP contribution >= 0.6 is 0 Å². The Balaban J connectivity index is 2.05. The second kappa shape index (κ2) is 7.21. The fourth-order valence-corrected chi connectivity index (χ4v) is 2.10. The van der Waals surface area contributed by atoms with Crippen LogP contribution in [0.3, 0.4) is 0 Å². The number of ether oxygens (including phenoxy) is 1. The topological polar surface area (TPSA) is 55.6 Å². The van der Waals surface area contributed by atoms with E-state index < -0.39 is 11.6 Å². The molecule has 1 aromatic carbocycles. The van der Waals surface area contributed by atoms with Crippen molar-refractivity contribution in [2.75, 3.05) is 6.54 Å². The van der Waals surface area contributed by atoms with Gasteiger partial charge in [0.15, 0.2) is 23.9 Å². The van der Waals surface area contributed by atoms with Crippen LogP contribution < -0.4 is 4.74 Å². The molecular formula is C16H18F2N2O3. The fourth-order valence-electron chi connectivity index (χ4n) is 2.10. The molecule has 0 unspecified atom stereocenters. The average molecular weight is 324 g/mol. The molecule has 0 aliphatic rings. The Hall–Kier alpha value is -2.44. The van der Waals surface area contributed by atoms with Crippen molar-refractivity contribution in [3.05, 3.63) is 47.7 Å². The number of aromatic nitrogens is 1. The molecule has 0 bridgehead atoms. The van der Waals surface area contributed by atoms with Gasteiger partial charge < -0.3 is 14.1 Å². The lowest BCUT2D eigenvalue weighted by Crippen LogP contribution is -2.36. The first-order valence-corrected chi connectivity index (χ1v) is 7.26. The van der Waals surface area contributed by atoms with Crippen LogP contribution in [0, 0.1) is 11.6 Å². The summed E-state index contributed by atoms with van der Waals surface area (Å²) < 4.78 is 36.8. The number of nitrogens with zero attached hydrogens (tertiary/aromatic N) is 2. The number of halogens is 2. The molecule has 0 radical (unpaired) electrons. The summed E-state index contributed by atoms with van der Waals surface area (Å²) in [6, 6.07) is 3.66. The van der Waals surface area contributed by atoms with Crippen LogP contribution in [0.4, 0.5) is 8.78 Å². The van der Waals surface area contributed by atoms with Crippen molar-refractivity contribution in [1.82, 2.24) is 9.88 Å². The average Bonchev–Trinajstić information content (AvgIpc) is 2.98. The van der Waals surface area contributed by atoms with E-state index in [0.717, 1.165) is 6.07 Å². The molecule has 23 heavy (non-hydrogen) atoms. The number of benzene rings is 1. The van der Waals surface area contributed by atoms with Crippen LogP contribution in [0.1, 0.15) is 37.2 Å². The lowest BCUT2D eigenvalue weighted by molar-refractivity contribution is 0.0710. The highest BCUT2D eigenvalue weighted by atomic mass is 19.2. The maximum Gasteiger partial charge on any atom is 0.276 e. The lowest BCUT2D eigenvalue weighted by atomic mass is 10.3. The third kappa shape index (κ3) is 3.85. The Morgan fingerprint density at radius 1 is 1.39 bits per heavy atom. The van der Waals surface area contributed by atoms with Gasteiger partial charge in [-0.2, -0.15) is 4.39 Å². The van der Waals surface area contributed by atoms with Crippen molar-refractivity contribution < 1.29 is 22.7 Å². The molecule has 0 N–H and O–H groups in total. The fraction of sp³-hybridized carbons (Fsp3) is 0.375. The standard InChI is InChI=1S/C16H18F2N2O3/c1-4-20(10(2)3)16(21)12-8-23-14(19-12)9-22-13-7-5-6-11(17)15(13)18/h5-8,10H,4,9H2,1-3H3. The number of carbonyl (C=O) groups is 1. The molecule has 0 fully saturated rings. The molecule has 0 saturated heterocycles. The summed E-state index contributed by atoms with van der Waals surface area (Å²) in [6.07, 6.45) is 1.23. The van der Waals surface area contributed by atoms with Crippen LogP contribution in [-0.4, -0.2) is 28.4 Å². The Morgan fingerprint density at radius 2 is 2.13 bits per heavy atom. The minimum absolute atomic E-state index is 0.0327. The summed E-state index contributed by atoms with van der Waals surface area (Å²) >= 11 is 0. The van der Waals surface area contributed by atoms with Crippen LogP contribution in [0.25, 0.3) is 0 Å². The monoisotopic (exact) mass is 324 g/mol. The van der Waals surface area contributed by atoms with Crippen LogP contribution in [0.5, 0.6) is 5.75 Å². The zero-order valence-corrected chi connectivity index (χ0v) is 13.2. The largest absolute Gasteiger partial charge is 0.481 e. The smallest absolute Gasteiger partial charge is 0.276 e. The van der Waals surface area contributed by atoms with Gasteiger partial charge in [-0.1, -0.05) is 6.07 Å². The minimum Gasteiger partial charge on any atom is -0.481 e. The van der Waals surface area contributed by atoms with E-state index in [-0.39, 0.29) is 35.9 Å². The summed E-state index contributed by atoms with van der Waals surface area (Å²) in [5.41, 5.74) is 0.152. The number of hydrogen-bond donors (Lipinski definition) is 0. The zero-order chi connectivity index (χ0) is 17.0. The van der Waals surface area contributed by atoms with Crippen molar-refractivity contribution in [2.24, 2.45) is 0 Å². The summed E-state index contributed by atoms with van der Waals surface area (Å²) in [6.45, 7) is 6.01. The van der Waals surface area contributed by atoms with Crippen molar-refractivity contribution >= 4 is 5.91 Å². The highest BCUT2D eigenvalue weighted by molar-refractivity contribution is 5.92. The molecule has 124 valence electrons. The van der Waals surface area contributed by atoms with E-state index in [2.05, 4.69) is 4.98 Å². The van der Waals surface area contributed by atoms with Gasteiger partial charge >= 0.3 is 0 Å². The molecule has 1 heterocycles. The van der Waals surface area contributed by atoms with Gasteiger partial charge in [-0.3, -0.25) is 4.79 Å². The second-order valence-corrected chi connectivity index (χ2v) is 5.15. The number of rotatable bonds is 6. The maximum atomic E-state index is 13.5. The van der Waals surface area contributed by atoms with Crippen LogP contribution in [0.2, 0.25) is 0 Å². The first kappa shape index (κ1) is 16.9. The number of oxazole rings is 1. The Morgan fingerprint density at radius 3 is 2.78 bits per heavy atom. The van der Waals surface area contributed by atoms with E-state index >= 15 is 0 Å². The first-order valence-electron chi connectivity index (χ1n) is 7.26. The molecule has 1 amide bonds. The Bertz CT molecular complexity index is 686. The molecule has 0 spiro atoms. The summed E-state index contributed by atoms with van der Waals surface area (Å²) in [5, 5.41) is 0. The quantitative estimate of drug-likeness (QED) is 0.817. The molecule has 0 atom stereocenters. The van der Waals surface area contributed by atoms with E-state index in [4.69, 9.17) is 9.15 Å². The first-order chi connectivity index (χ1) is 10.9. The van der Waals surface area contributed by atoms with E-state index in [1.165, 1.54) is 18.4 Å². The summed E-state index contributed by atoms with van der Waals surface area (Å²) in [4.78, 5) is 17.9. The van der Waals surface area contributed by atoms with E-state index in [9.17, 15) is 13.6 Å². The normalized spacial score (nSPS) is 10.9. The third-order valence-corrected chi connectivity index (χ3v) is 3.26. The molecule has 2 rings (SSSR count). The van der Waals surface area contributed by atoms with Gasteiger partial charge in [0, 0.05) is 12.6 Å². The van der Waals surface area contributed by atoms with Gasteiger partial charge in [-0.25, -0.2) is 9.37 Å². The molecule has 1 aromatic heterocycles. The van der Waals surface area contributed by atoms with E-state index in [1.54, 1.807) is 4.90 Å². The Labute approximate surface area is 132 Å². The predicted molar refractivity (Wildman–Crippen MR) is 79.0 cm³/mol. The van der Waals surface area contributed by atoms with Gasteiger partial charge in [0.2, 0.25) is 11.7 Å². The third-order valence-electron chi connectivity index (χ3n) is 3.26. The highest BCUT2D eigenvalue weighted by Gasteiger charge is 2.21. The number of carbonyl (C=O) groups excluding carboxylic acids is 1. The Kier molecular flexibility index (Phi) is 5.31. The lowest BCUT2D eigenvalue weighted by Gasteiger charge is -2.23. The summed E-state index contributed by atoms with van der Waals surface area (Å²) in [5.74, 6) is -2.46. The van der Waals surface area contributed by atoms with Gasteiger partial charge in [0.05, 0.1) is 0 Å². The van der Waals surface area contributed by atoms with Gasteiger partial charge in [0.1, 0.15) is 6.26 Å². The predicted octanol–water partition coefficient (Wildman–Crippen LogP) is 3.40. The molecule has 0 aliphatic carbocycles. The van der Waals surface area contributed by atoms with Crippen molar-refractivity contribution in [2.45, 2.75) is 33.4 Å². The van der Waals surface area contributed by atoms with Crippen molar-refractivity contribution in [1.29, 1.82) is 0 Å². The van der Waals surface area contributed by atoms with Gasteiger partial charge in [-0.15, -0.1) is 0 Å². The number of hydrogen-bond acceptors (Lipinski definition) is 4. The zero-order valence-electron chi connectivity index (χ0n) is 13.2. The molecule has 0 aliphatic heterocycles. The van der Waals surface area contributed by atoms with Crippen LogP contribution in [-0.2, 0) is 6.61 Å². The van der Waals surface area contributed by atoms with E-state index in [0.29, 0.717) is 6.54 Å². The minimum atomic E-state index is -1.08.